The third-order valence-electron chi connectivity index (χ3n) is 4.08. The predicted molar refractivity (Wildman–Crippen MR) is 94.7 cm³/mol. The molecule has 1 aromatic rings. The van der Waals surface area contributed by atoms with Crippen molar-refractivity contribution in [2.75, 3.05) is 26.2 Å². The molecule has 0 amide bonds. The van der Waals surface area contributed by atoms with Crippen molar-refractivity contribution in [3.05, 3.63) is 28.8 Å². The number of aromatic carboxylic acids is 1. The Kier molecular flexibility index (Phi) is 8.70. The summed E-state index contributed by atoms with van der Waals surface area (Å²) in [6, 6.07) is 3.55. The molecule has 0 aliphatic carbocycles. The van der Waals surface area contributed by atoms with Gasteiger partial charge in [-0.05, 0) is 49.2 Å². The van der Waals surface area contributed by atoms with Crippen LogP contribution in [-0.4, -0.2) is 42.2 Å². The van der Waals surface area contributed by atoms with Crippen LogP contribution in [0.2, 0.25) is 0 Å². The summed E-state index contributed by atoms with van der Waals surface area (Å²) >= 11 is 0. The number of hydrogen-bond acceptors (Lipinski definition) is 3. The lowest BCUT2D eigenvalue weighted by Gasteiger charge is -2.21. The quantitative estimate of drug-likeness (QED) is 0.669. The van der Waals surface area contributed by atoms with Crippen LogP contribution < -0.4 is 4.74 Å². The zero-order chi connectivity index (χ0) is 17.2. The summed E-state index contributed by atoms with van der Waals surface area (Å²) < 4.78 is 6.11. The third kappa shape index (κ3) is 5.87. The first kappa shape index (κ1) is 19.5. The molecular weight excluding hydrogens is 290 g/mol. The highest BCUT2D eigenvalue weighted by Gasteiger charge is 2.15. The van der Waals surface area contributed by atoms with Crippen LogP contribution in [-0.2, 0) is 12.8 Å². The Labute approximate surface area is 140 Å². The van der Waals surface area contributed by atoms with Gasteiger partial charge in [0, 0.05) is 6.54 Å². The molecule has 0 aromatic heterocycles. The maximum Gasteiger partial charge on any atom is 0.335 e. The van der Waals surface area contributed by atoms with Crippen molar-refractivity contribution in [3.63, 3.8) is 0 Å². The molecule has 0 fully saturated rings. The number of hydrogen-bond donors (Lipinski definition) is 1. The molecule has 0 heterocycles. The molecule has 0 aliphatic rings. The summed E-state index contributed by atoms with van der Waals surface area (Å²) in [5.41, 5.74) is 2.42. The molecule has 0 aliphatic heterocycles. The first-order chi connectivity index (χ1) is 11.1. The largest absolute Gasteiger partial charge is 0.492 e. The molecule has 4 heteroatoms. The Balaban J connectivity index is 3.02. The lowest BCUT2D eigenvalue weighted by Crippen LogP contribution is -2.28. The van der Waals surface area contributed by atoms with Crippen molar-refractivity contribution in [3.8, 4) is 5.75 Å². The molecule has 0 atom stereocenters. The van der Waals surface area contributed by atoms with Crippen molar-refractivity contribution in [2.45, 2.75) is 53.4 Å². The van der Waals surface area contributed by atoms with E-state index in [9.17, 15) is 9.90 Å². The van der Waals surface area contributed by atoms with E-state index in [2.05, 4.69) is 32.6 Å². The van der Waals surface area contributed by atoms with E-state index in [0.717, 1.165) is 62.2 Å². The highest BCUT2D eigenvalue weighted by molar-refractivity contribution is 5.88. The van der Waals surface area contributed by atoms with Gasteiger partial charge in [0.1, 0.15) is 12.4 Å². The summed E-state index contributed by atoms with van der Waals surface area (Å²) in [6.07, 6.45) is 3.64. The zero-order valence-corrected chi connectivity index (χ0v) is 15.0. The van der Waals surface area contributed by atoms with Gasteiger partial charge in [0.25, 0.3) is 0 Å². The molecule has 0 bridgehead atoms. The van der Waals surface area contributed by atoms with E-state index in [1.165, 1.54) is 0 Å². The Morgan fingerprint density at radius 2 is 1.57 bits per heavy atom. The summed E-state index contributed by atoms with van der Waals surface area (Å²) in [7, 11) is 0. The van der Waals surface area contributed by atoms with Crippen molar-refractivity contribution >= 4 is 5.97 Å². The van der Waals surface area contributed by atoms with Crippen LogP contribution in [0.1, 0.15) is 62.0 Å². The van der Waals surface area contributed by atoms with E-state index in [1.54, 1.807) is 12.1 Å². The molecule has 1 aromatic carbocycles. The maximum atomic E-state index is 11.4. The average Bonchev–Trinajstić information content (AvgIpc) is 2.53. The number of benzene rings is 1. The van der Waals surface area contributed by atoms with Crippen LogP contribution in [0.3, 0.4) is 0 Å². The highest BCUT2D eigenvalue weighted by Crippen LogP contribution is 2.29. The van der Waals surface area contributed by atoms with E-state index < -0.39 is 5.97 Å². The zero-order valence-electron chi connectivity index (χ0n) is 15.0. The molecule has 0 saturated carbocycles. The Bertz CT molecular complexity index is 468. The van der Waals surface area contributed by atoms with Crippen LogP contribution in [0, 0.1) is 0 Å². The number of likely N-dealkylation sites (N-methyl/N-ethyl adjacent to an activating group) is 1. The fraction of sp³-hybridized carbons (Fsp3) is 0.632. The normalized spacial score (nSPS) is 11.0. The Hall–Kier alpha value is -1.55. The van der Waals surface area contributed by atoms with E-state index in [1.807, 2.05) is 0 Å². The highest BCUT2D eigenvalue weighted by atomic mass is 16.5. The minimum absolute atomic E-state index is 0.369. The van der Waals surface area contributed by atoms with Gasteiger partial charge in [-0.3, -0.25) is 0 Å². The number of carboxylic acids is 1. The van der Waals surface area contributed by atoms with Gasteiger partial charge in [-0.15, -0.1) is 0 Å². The van der Waals surface area contributed by atoms with Crippen molar-refractivity contribution in [1.82, 2.24) is 4.90 Å². The number of aryl methyl sites for hydroxylation is 2. The van der Waals surface area contributed by atoms with Crippen molar-refractivity contribution in [2.24, 2.45) is 0 Å². The second-order valence-electron chi connectivity index (χ2n) is 5.80. The summed E-state index contributed by atoms with van der Waals surface area (Å²) in [4.78, 5) is 13.7. The second-order valence-corrected chi connectivity index (χ2v) is 5.80. The van der Waals surface area contributed by atoms with Gasteiger partial charge in [-0.25, -0.2) is 4.79 Å². The smallest absolute Gasteiger partial charge is 0.335 e. The number of carboxylic acid groups (broad SMARTS) is 1. The average molecular weight is 321 g/mol. The molecule has 130 valence electrons. The SMILES string of the molecule is CCCc1cc(C(=O)O)cc(CCC)c1OCCN(CC)CC. The standard InChI is InChI=1S/C19H31NO3/c1-5-9-15-13-17(19(21)22)14-16(10-6-2)18(15)23-12-11-20(7-3)8-4/h13-14H,5-12H2,1-4H3,(H,21,22). The molecule has 1 rings (SSSR count). The van der Waals surface area contributed by atoms with Gasteiger partial charge >= 0.3 is 5.97 Å². The summed E-state index contributed by atoms with van der Waals surface area (Å²) in [6.45, 7) is 12.1. The number of carbonyl (C=O) groups is 1. The molecule has 1 N–H and O–H groups in total. The molecule has 4 nitrogen and oxygen atoms in total. The van der Waals surface area contributed by atoms with Gasteiger partial charge in [-0.1, -0.05) is 40.5 Å². The first-order valence-corrected chi connectivity index (χ1v) is 8.81. The van der Waals surface area contributed by atoms with Crippen LogP contribution in [0.4, 0.5) is 0 Å². The number of rotatable bonds is 11. The van der Waals surface area contributed by atoms with Gasteiger partial charge in [0.2, 0.25) is 0 Å². The summed E-state index contributed by atoms with van der Waals surface area (Å²) in [5.74, 6) is 0.0419. The van der Waals surface area contributed by atoms with E-state index in [0.29, 0.717) is 12.2 Å². The van der Waals surface area contributed by atoms with E-state index in [4.69, 9.17) is 4.74 Å². The molecule has 0 unspecified atom stereocenters. The third-order valence-corrected chi connectivity index (χ3v) is 4.08. The van der Waals surface area contributed by atoms with Crippen molar-refractivity contribution in [1.29, 1.82) is 0 Å². The van der Waals surface area contributed by atoms with Crippen LogP contribution in [0.15, 0.2) is 12.1 Å². The van der Waals surface area contributed by atoms with Crippen LogP contribution in [0.25, 0.3) is 0 Å². The van der Waals surface area contributed by atoms with Gasteiger partial charge < -0.3 is 14.7 Å². The molecule has 23 heavy (non-hydrogen) atoms. The lowest BCUT2D eigenvalue weighted by atomic mass is 9.98. The second kappa shape index (κ2) is 10.3. The fourth-order valence-corrected chi connectivity index (χ4v) is 2.79. The first-order valence-electron chi connectivity index (χ1n) is 8.81. The van der Waals surface area contributed by atoms with Crippen molar-refractivity contribution < 1.29 is 14.6 Å². The van der Waals surface area contributed by atoms with Crippen LogP contribution in [0.5, 0.6) is 5.75 Å². The monoisotopic (exact) mass is 321 g/mol. The van der Waals surface area contributed by atoms with Gasteiger partial charge in [-0.2, -0.15) is 0 Å². The molecular formula is C19H31NO3. The number of ether oxygens (including phenoxy) is 1. The molecule has 0 radical (unpaired) electrons. The van der Waals surface area contributed by atoms with E-state index in [-0.39, 0.29) is 0 Å². The van der Waals surface area contributed by atoms with Gasteiger partial charge in [0.15, 0.2) is 0 Å². The van der Waals surface area contributed by atoms with E-state index >= 15 is 0 Å². The molecule has 0 spiro atoms. The summed E-state index contributed by atoms with van der Waals surface area (Å²) in [5, 5.41) is 9.33. The fourth-order valence-electron chi connectivity index (χ4n) is 2.79. The lowest BCUT2D eigenvalue weighted by molar-refractivity contribution is 0.0696. The topological polar surface area (TPSA) is 49.8 Å². The Morgan fingerprint density at radius 3 is 1.96 bits per heavy atom. The maximum absolute atomic E-state index is 11.4. The number of nitrogens with zero attached hydrogens (tertiary/aromatic N) is 1. The minimum atomic E-state index is -0.866. The van der Waals surface area contributed by atoms with Gasteiger partial charge in [0.05, 0.1) is 5.56 Å². The molecule has 0 saturated heterocycles. The Morgan fingerprint density at radius 1 is 1.04 bits per heavy atom. The predicted octanol–water partition coefficient (Wildman–Crippen LogP) is 4.01. The van der Waals surface area contributed by atoms with Crippen LogP contribution >= 0.6 is 0 Å². The minimum Gasteiger partial charge on any atom is -0.492 e.